The number of hydrogen-bond donors (Lipinski definition) is 2. The first kappa shape index (κ1) is 21.7. The molecule has 2 aromatic heterocycles. The number of nitrogens with zero attached hydrogens (tertiary/aromatic N) is 3. The zero-order valence-corrected chi connectivity index (χ0v) is 19.9. The van der Waals surface area contributed by atoms with Gasteiger partial charge in [-0.2, -0.15) is 4.98 Å². The van der Waals surface area contributed by atoms with Crippen molar-refractivity contribution >= 4 is 62.5 Å². The van der Waals surface area contributed by atoms with E-state index in [0.29, 0.717) is 48.5 Å². The molecular weight excluding hydrogens is 467 g/mol. The van der Waals surface area contributed by atoms with Crippen molar-refractivity contribution in [1.29, 1.82) is 0 Å². The van der Waals surface area contributed by atoms with Gasteiger partial charge in [-0.25, -0.2) is 4.98 Å². The van der Waals surface area contributed by atoms with Crippen LogP contribution in [0.4, 0.5) is 11.8 Å². The molecule has 1 aliphatic carbocycles. The minimum atomic E-state index is -0.712. The molecule has 1 saturated heterocycles. The molecule has 0 radical (unpaired) electrons. The second-order valence-corrected chi connectivity index (χ2v) is 10.4. The molecule has 6 nitrogen and oxygen atoms in total. The van der Waals surface area contributed by atoms with Crippen molar-refractivity contribution < 1.29 is 9.90 Å². The van der Waals surface area contributed by atoms with Crippen molar-refractivity contribution in [2.45, 2.75) is 45.1 Å². The third-order valence-corrected chi connectivity index (χ3v) is 8.30. The molecular formula is C23H24Cl2N4O2S. The Labute approximate surface area is 200 Å². The molecule has 5 rings (SSSR count). The number of hydrogen-bond acceptors (Lipinski definition) is 6. The predicted molar refractivity (Wildman–Crippen MR) is 130 cm³/mol. The molecule has 3 heterocycles. The van der Waals surface area contributed by atoms with Gasteiger partial charge in [0.15, 0.2) is 0 Å². The number of carboxylic acid groups (broad SMARTS) is 1. The number of halogens is 2. The van der Waals surface area contributed by atoms with Gasteiger partial charge in [0.2, 0.25) is 5.95 Å². The Morgan fingerprint density at radius 2 is 1.94 bits per heavy atom. The summed E-state index contributed by atoms with van der Waals surface area (Å²) in [5.74, 6) is 0.527. The Morgan fingerprint density at radius 1 is 1.16 bits per heavy atom. The molecule has 1 fully saturated rings. The number of rotatable bonds is 5. The van der Waals surface area contributed by atoms with Gasteiger partial charge in [-0.15, -0.1) is 11.3 Å². The maximum Gasteiger partial charge on any atom is 0.306 e. The highest BCUT2D eigenvalue weighted by Crippen LogP contribution is 2.40. The number of carboxylic acids is 1. The first-order valence-electron chi connectivity index (χ1n) is 11.0. The summed E-state index contributed by atoms with van der Waals surface area (Å²) >= 11 is 14.0. The molecule has 0 spiro atoms. The highest BCUT2D eigenvalue weighted by atomic mass is 35.5. The average molecular weight is 491 g/mol. The molecule has 2 aliphatic rings. The summed E-state index contributed by atoms with van der Waals surface area (Å²) in [4.78, 5) is 25.7. The van der Waals surface area contributed by atoms with Crippen LogP contribution in [-0.2, 0) is 24.2 Å². The largest absolute Gasteiger partial charge is 0.481 e. The van der Waals surface area contributed by atoms with Crippen molar-refractivity contribution in [3.05, 3.63) is 44.2 Å². The molecule has 32 heavy (non-hydrogen) atoms. The number of thiophene rings is 1. The SMILES string of the molecule is O=C(O)C1CCN(c2nc(NCc3ccc(Cl)c(Cl)c3)c3c4c(sc3n2)CCCC4)CC1. The maximum absolute atomic E-state index is 11.3. The van der Waals surface area contributed by atoms with E-state index in [-0.39, 0.29) is 5.92 Å². The van der Waals surface area contributed by atoms with Crippen LogP contribution in [0.1, 0.15) is 41.7 Å². The normalized spacial score (nSPS) is 16.9. The van der Waals surface area contributed by atoms with Gasteiger partial charge in [0.25, 0.3) is 0 Å². The van der Waals surface area contributed by atoms with E-state index in [1.54, 1.807) is 17.4 Å². The summed E-state index contributed by atoms with van der Waals surface area (Å²) in [5, 5.41) is 15.0. The van der Waals surface area contributed by atoms with Crippen LogP contribution >= 0.6 is 34.5 Å². The zero-order chi connectivity index (χ0) is 22.2. The first-order valence-corrected chi connectivity index (χ1v) is 12.5. The molecule has 2 N–H and O–H groups in total. The molecule has 0 atom stereocenters. The summed E-state index contributed by atoms with van der Waals surface area (Å²) in [7, 11) is 0. The molecule has 9 heteroatoms. The third kappa shape index (κ3) is 4.26. The van der Waals surface area contributed by atoms with Gasteiger partial charge in [0, 0.05) is 24.5 Å². The number of nitrogens with one attached hydrogen (secondary N) is 1. The molecule has 0 amide bonds. The number of aliphatic carboxylic acids is 1. The lowest BCUT2D eigenvalue weighted by Gasteiger charge is -2.30. The second kappa shape index (κ2) is 9.04. The van der Waals surface area contributed by atoms with Crippen LogP contribution in [0.5, 0.6) is 0 Å². The topological polar surface area (TPSA) is 78.3 Å². The smallest absolute Gasteiger partial charge is 0.306 e. The quantitative estimate of drug-likeness (QED) is 0.471. The lowest BCUT2D eigenvalue weighted by molar-refractivity contribution is -0.142. The minimum absolute atomic E-state index is 0.281. The Morgan fingerprint density at radius 3 is 2.69 bits per heavy atom. The van der Waals surface area contributed by atoms with E-state index in [4.69, 9.17) is 33.2 Å². The Balaban J connectivity index is 1.48. The van der Waals surface area contributed by atoms with E-state index in [1.165, 1.54) is 23.3 Å². The Bertz CT molecular complexity index is 1170. The van der Waals surface area contributed by atoms with Crippen LogP contribution in [0.2, 0.25) is 10.0 Å². The van der Waals surface area contributed by atoms with E-state index < -0.39 is 5.97 Å². The van der Waals surface area contributed by atoms with Crippen molar-refractivity contribution in [3.63, 3.8) is 0 Å². The monoisotopic (exact) mass is 490 g/mol. The van der Waals surface area contributed by atoms with Gasteiger partial charge < -0.3 is 15.3 Å². The fourth-order valence-corrected chi connectivity index (χ4v) is 6.15. The molecule has 0 saturated carbocycles. The van der Waals surface area contributed by atoms with Crippen molar-refractivity contribution in [1.82, 2.24) is 9.97 Å². The van der Waals surface area contributed by atoms with Crippen LogP contribution in [0.25, 0.3) is 10.2 Å². The van der Waals surface area contributed by atoms with Crippen LogP contribution < -0.4 is 10.2 Å². The maximum atomic E-state index is 11.3. The summed E-state index contributed by atoms with van der Waals surface area (Å²) in [6, 6.07) is 5.64. The van der Waals surface area contributed by atoms with Gasteiger partial charge in [-0.1, -0.05) is 29.3 Å². The van der Waals surface area contributed by atoms with Crippen LogP contribution in [-0.4, -0.2) is 34.1 Å². The molecule has 0 bridgehead atoms. The van der Waals surface area contributed by atoms with E-state index in [9.17, 15) is 9.90 Å². The number of benzene rings is 1. The van der Waals surface area contributed by atoms with E-state index in [2.05, 4.69) is 10.2 Å². The summed E-state index contributed by atoms with van der Waals surface area (Å²) in [6.07, 6.45) is 5.79. The predicted octanol–water partition coefficient (Wildman–Crippen LogP) is 5.79. The van der Waals surface area contributed by atoms with Gasteiger partial charge in [-0.3, -0.25) is 4.79 Å². The van der Waals surface area contributed by atoms with Crippen LogP contribution in [0.3, 0.4) is 0 Å². The molecule has 0 unspecified atom stereocenters. The Hall–Kier alpha value is -2.09. The highest BCUT2D eigenvalue weighted by Gasteiger charge is 2.27. The fourth-order valence-electron chi connectivity index (χ4n) is 4.58. The van der Waals surface area contributed by atoms with E-state index in [1.807, 2.05) is 12.1 Å². The molecule has 3 aromatic rings. The van der Waals surface area contributed by atoms with Crippen molar-refractivity contribution in [3.8, 4) is 0 Å². The number of fused-ring (bicyclic) bond motifs is 3. The lowest BCUT2D eigenvalue weighted by Crippen LogP contribution is -2.37. The minimum Gasteiger partial charge on any atom is -0.481 e. The zero-order valence-electron chi connectivity index (χ0n) is 17.5. The average Bonchev–Trinajstić information content (AvgIpc) is 3.18. The summed E-state index contributed by atoms with van der Waals surface area (Å²) in [6.45, 7) is 1.88. The number of aryl methyl sites for hydroxylation is 2. The third-order valence-electron chi connectivity index (χ3n) is 6.37. The molecule has 168 valence electrons. The number of aromatic nitrogens is 2. The molecule has 1 aromatic carbocycles. The number of anilines is 2. The fraction of sp³-hybridized carbons (Fsp3) is 0.435. The van der Waals surface area contributed by atoms with Gasteiger partial charge in [0.1, 0.15) is 10.6 Å². The summed E-state index contributed by atoms with van der Waals surface area (Å²) < 4.78 is 0. The molecule has 1 aliphatic heterocycles. The van der Waals surface area contributed by atoms with E-state index in [0.717, 1.165) is 34.4 Å². The standard InChI is InChI=1S/C23H24Cl2N4O2S/c24-16-6-5-13(11-17(16)25)12-26-20-19-15-3-1-2-4-18(15)32-21(19)28-23(27-20)29-9-7-14(8-10-29)22(30)31/h5-6,11,14H,1-4,7-10,12H2,(H,30,31)(H,26,27,28). The first-order chi connectivity index (χ1) is 15.5. The Kier molecular flexibility index (Phi) is 6.14. The van der Waals surface area contributed by atoms with Crippen LogP contribution in [0.15, 0.2) is 18.2 Å². The lowest BCUT2D eigenvalue weighted by atomic mass is 9.97. The number of carbonyl (C=O) groups is 1. The van der Waals surface area contributed by atoms with Crippen molar-refractivity contribution in [2.24, 2.45) is 5.92 Å². The number of piperidine rings is 1. The van der Waals surface area contributed by atoms with Gasteiger partial charge >= 0.3 is 5.97 Å². The van der Waals surface area contributed by atoms with E-state index >= 15 is 0 Å². The van der Waals surface area contributed by atoms with Crippen molar-refractivity contribution in [2.75, 3.05) is 23.3 Å². The summed E-state index contributed by atoms with van der Waals surface area (Å²) in [5.41, 5.74) is 2.41. The highest BCUT2D eigenvalue weighted by molar-refractivity contribution is 7.19. The van der Waals surface area contributed by atoms with Gasteiger partial charge in [0.05, 0.1) is 21.3 Å². The van der Waals surface area contributed by atoms with Crippen LogP contribution in [0, 0.1) is 5.92 Å². The van der Waals surface area contributed by atoms with Gasteiger partial charge in [-0.05, 0) is 61.8 Å². The second-order valence-electron chi connectivity index (χ2n) is 8.46.